The van der Waals surface area contributed by atoms with Gasteiger partial charge in [-0.25, -0.2) is 9.97 Å². The van der Waals surface area contributed by atoms with Gasteiger partial charge in [0, 0.05) is 35.9 Å². The lowest BCUT2D eigenvalue weighted by Crippen LogP contribution is -2.20. The molecule has 0 aliphatic heterocycles. The zero-order valence-electron chi connectivity index (χ0n) is 16.1. The fourth-order valence-electron chi connectivity index (χ4n) is 2.83. The maximum absolute atomic E-state index is 12.5. The summed E-state index contributed by atoms with van der Waals surface area (Å²) in [6, 6.07) is 14.9. The molecule has 0 fully saturated rings. The lowest BCUT2D eigenvalue weighted by molar-refractivity contribution is 0.101. The van der Waals surface area contributed by atoms with E-state index >= 15 is 0 Å². The second kappa shape index (κ2) is 8.43. The number of nitrogens with one attached hydrogen (secondary N) is 1. The van der Waals surface area contributed by atoms with Crippen LogP contribution in [0.3, 0.4) is 0 Å². The molecule has 1 N–H and O–H groups in total. The highest BCUT2D eigenvalue weighted by Crippen LogP contribution is 2.22. The molecule has 0 saturated heterocycles. The zero-order valence-corrected chi connectivity index (χ0v) is 16.1. The van der Waals surface area contributed by atoms with Gasteiger partial charge in [0.25, 0.3) is 5.91 Å². The highest BCUT2D eigenvalue weighted by atomic mass is 16.1. The summed E-state index contributed by atoms with van der Waals surface area (Å²) < 4.78 is 0. The summed E-state index contributed by atoms with van der Waals surface area (Å²) >= 11 is 0. The number of amides is 1. The molecule has 6 nitrogen and oxygen atoms in total. The first kappa shape index (κ1) is 19.2. The van der Waals surface area contributed by atoms with E-state index in [9.17, 15) is 9.59 Å². The molecular weight excluding hydrogens is 352 g/mol. The molecule has 0 aliphatic carbocycles. The normalized spacial score (nSPS) is 10.4. The lowest BCUT2D eigenvalue weighted by atomic mass is 10.1. The predicted molar refractivity (Wildman–Crippen MR) is 110 cm³/mol. The minimum atomic E-state index is -0.328. The minimum absolute atomic E-state index is 0.0559. The number of carbonyl (C=O) groups is 2. The van der Waals surface area contributed by atoms with Gasteiger partial charge >= 0.3 is 0 Å². The quantitative estimate of drug-likeness (QED) is 0.647. The molecule has 142 valence electrons. The first-order valence-corrected chi connectivity index (χ1v) is 9.06. The molecular formula is C22H22N4O2. The third-order valence-corrected chi connectivity index (χ3v) is 4.30. The van der Waals surface area contributed by atoms with Crippen LogP contribution in [-0.2, 0) is 0 Å². The van der Waals surface area contributed by atoms with Crippen molar-refractivity contribution in [1.82, 2.24) is 9.97 Å². The average molecular weight is 374 g/mol. The molecule has 0 atom stereocenters. The highest BCUT2D eigenvalue weighted by Gasteiger charge is 2.13. The standard InChI is InChI=1S/C22H22N4O2/c1-4-26(20-10-5-7-15(2)11-20)22-23-13-18(14-24-22)21(28)25-19-9-6-8-17(12-19)16(3)27/h5-14H,4H2,1-3H3,(H,25,28). The van der Waals surface area contributed by atoms with Gasteiger partial charge in [0.15, 0.2) is 5.78 Å². The fraction of sp³-hybridized carbons (Fsp3) is 0.182. The van der Waals surface area contributed by atoms with Crippen LogP contribution in [0.4, 0.5) is 17.3 Å². The number of aromatic nitrogens is 2. The van der Waals surface area contributed by atoms with Crippen molar-refractivity contribution >= 4 is 29.0 Å². The van der Waals surface area contributed by atoms with E-state index in [4.69, 9.17) is 0 Å². The van der Waals surface area contributed by atoms with Crippen LogP contribution in [-0.4, -0.2) is 28.2 Å². The molecule has 0 spiro atoms. The molecule has 28 heavy (non-hydrogen) atoms. The Morgan fingerprint density at radius 2 is 1.71 bits per heavy atom. The number of carbonyl (C=O) groups excluding carboxylic acids is 2. The summed E-state index contributed by atoms with van der Waals surface area (Å²) in [5.74, 6) is 0.147. The number of hydrogen-bond acceptors (Lipinski definition) is 5. The average Bonchev–Trinajstić information content (AvgIpc) is 2.69. The van der Waals surface area contributed by atoms with Crippen LogP contribution >= 0.6 is 0 Å². The third kappa shape index (κ3) is 4.40. The first-order valence-electron chi connectivity index (χ1n) is 9.06. The van der Waals surface area contributed by atoms with Crippen molar-refractivity contribution in [3.8, 4) is 0 Å². The van der Waals surface area contributed by atoms with Crippen molar-refractivity contribution in [3.63, 3.8) is 0 Å². The molecule has 0 saturated carbocycles. The number of aryl methyl sites for hydroxylation is 1. The summed E-state index contributed by atoms with van der Waals surface area (Å²) in [5.41, 5.74) is 3.59. The van der Waals surface area contributed by atoms with Crippen molar-refractivity contribution in [3.05, 3.63) is 77.6 Å². The molecule has 1 amide bonds. The SMILES string of the molecule is CCN(c1cccc(C)c1)c1ncc(C(=O)Nc2cccc(C(C)=O)c2)cn1. The molecule has 0 aliphatic rings. The third-order valence-electron chi connectivity index (χ3n) is 4.30. The number of hydrogen-bond donors (Lipinski definition) is 1. The second-order valence-corrected chi connectivity index (χ2v) is 6.45. The van der Waals surface area contributed by atoms with Crippen molar-refractivity contribution in [2.75, 3.05) is 16.8 Å². The number of ketones is 1. The Hall–Kier alpha value is -3.54. The fourth-order valence-corrected chi connectivity index (χ4v) is 2.83. The maximum atomic E-state index is 12.5. The topological polar surface area (TPSA) is 75.2 Å². The Morgan fingerprint density at radius 1 is 1.00 bits per heavy atom. The van der Waals surface area contributed by atoms with Gasteiger partial charge in [0.2, 0.25) is 5.95 Å². The second-order valence-electron chi connectivity index (χ2n) is 6.45. The Morgan fingerprint density at radius 3 is 2.36 bits per heavy atom. The van der Waals surface area contributed by atoms with Gasteiger partial charge in [-0.3, -0.25) is 9.59 Å². The van der Waals surface area contributed by atoms with Gasteiger partial charge in [-0.15, -0.1) is 0 Å². The van der Waals surface area contributed by atoms with Crippen LogP contribution in [0.15, 0.2) is 60.9 Å². The van der Waals surface area contributed by atoms with Crippen LogP contribution in [0.1, 0.15) is 40.1 Å². The van der Waals surface area contributed by atoms with E-state index in [2.05, 4.69) is 21.4 Å². The van der Waals surface area contributed by atoms with Crippen molar-refractivity contribution < 1.29 is 9.59 Å². The van der Waals surface area contributed by atoms with Gasteiger partial charge in [0.1, 0.15) is 0 Å². The summed E-state index contributed by atoms with van der Waals surface area (Å²) in [6.07, 6.45) is 3.01. The molecule has 0 bridgehead atoms. The Bertz CT molecular complexity index is 999. The molecule has 3 rings (SSSR count). The molecule has 1 aromatic heterocycles. The van der Waals surface area contributed by atoms with E-state index in [1.807, 2.05) is 36.9 Å². The Kier molecular flexibility index (Phi) is 5.79. The molecule has 3 aromatic rings. The Labute approximate surface area is 164 Å². The lowest BCUT2D eigenvalue weighted by Gasteiger charge is -2.21. The van der Waals surface area contributed by atoms with Crippen LogP contribution < -0.4 is 10.2 Å². The largest absolute Gasteiger partial charge is 0.322 e. The maximum Gasteiger partial charge on any atom is 0.258 e. The summed E-state index contributed by atoms with van der Waals surface area (Å²) in [7, 11) is 0. The number of nitrogens with zero attached hydrogens (tertiary/aromatic N) is 3. The van der Waals surface area contributed by atoms with Crippen LogP contribution in [0.5, 0.6) is 0 Å². The van der Waals surface area contributed by atoms with Gasteiger partial charge in [-0.1, -0.05) is 24.3 Å². The van der Waals surface area contributed by atoms with E-state index < -0.39 is 0 Å². The summed E-state index contributed by atoms with van der Waals surface area (Å²) in [6.45, 7) is 6.25. The van der Waals surface area contributed by atoms with E-state index in [1.54, 1.807) is 24.3 Å². The van der Waals surface area contributed by atoms with Gasteiger partial charge in [-0.05, 0) is 50.6 Å². The summed E-state index contributed by atoms with van der Waals surface area (Å²) in [5, 5.41) is 2.77. The molecule has 1 heterocycles. The van der Waals surface area contributed by atoms with Crippen molar-refractivity contribution in [1.29, 1.82) is 0 Å². The van der Waals surface area contributed by atoms with Gasteiger partial charge < -0.3 is 10.2 Å². The molecule has 0 unspecified atom stereocenters. The van der Waals surface area contributed by atoms with Gasteiger partial charge in [0.05, 0.1) is 5.56 Å². The molecule has 0 radical (unpaired) electrons. The first-order chi connectivity index (χ1) is 13.5. The summed E-state index contributed by atoms with van der Waals surface area (Å²) in [4.78, 5) is 34.7. The number of anilines is 3. The smallest absolute Gasteiger partial charge is 0.258 e. The molecule has 6 heteroatoms. The van der Waals surface area contributed by atoms with Gasteiger partial charge in [-0.2, -0.15) is 0 Å². The zero-order chi connectivity index (χ0) is 20.1. The highest BCUT2D eigenvalue weighted by molar-refractivity contribution is 6.04. The van der Waals surface area contributed by atoms with Crippen LogP contribution in [0.25, 0.3) is 0 Å². The number of benzene rings is 2. The van der Waals surface area contributed by atoms with E-state index in [1.165, 1.54) is 19.3 Å². The monoisotopic (exact) mass is 374 g/mol. The van der Waals surface area contributed by atoms with Crippen LogP contribution in [0, 0.1) is 6.92 Å². The minimum Gasteiger partial charge on any atom is -0.322 e. The van der Waals surface area contributed by atoms with Crippen molar-refractivity contribution in [2.24, 2.45) is 0 Å². The van der Waals surface area contributed by atoms with Crippen LogP contribution in [0.2, 0.25) is 0 Å². The van der Waals surface area contributed by atoms with E-state index in [0.29, 0.717) is 29.3 Å². The Balaban J connectivity index is 1.77. The van der Waals surface area contributed by atoms with E-state index in [0.717, 1.165) is 11.3 Å². The predicted octanol–water partition coefficient (Wildman–Crippen LogP) is 4.40. The van der Waals surface area contributed by atoms with E-state index in [-0.39, 0.29) is 11.7 Å². The molecule has 2 aromatic carbocycles. The number of Topliss-reactive ketones (excluding diaryl/α,β-unsaturated/α-hetero) is 1. The van der Waals surface area contributed by atoms with Crippen molar-refractivity contribution in [2.45, 2.75) is 20.8 Å². The number of rotatable bonds is 6.